The minimum Gasteiger partial charge on any atom is -0.349 e. The van der Waals surface area contributed by atoms with E-state index >= 15 is 0 Å². The monoisotopic (exact) mass is 482 g/mol. The number of rotatable bonds is 6. The Morgan fingerprint density at radius 2 is 1.75 bits per heavy atom. The summed E-state index contributed by atoms with van der Waals surface area (Å²) in [4.78, 5) is 39.3. The fourth-order valence-corrected chi connectivity index (χ4v) is 5.71. The number of pyridine rings is 2. The summed E-state index contributed by atoms with van der Waals surface area (Å²) in [6.45, 7) is 6.46. The summed E-state index contributed by atoms with van der Waals surface area (Å²) in [5.74, 6) is 0.448. The van der Waals surface area contributed by atoms with Crippen molar-refractivity contribution in [1.82, 2.24) is 25.1 Å². The number of carbonyl (C=O) groups excluding carboxylic acids is 2. The molecule has 1 spiro atoms. The average Bonchev–Trinajstić information content (AvgIpc) is 3.42. The number of fused-ring (bicyclic) bond motifs is 3. The Labute approximate surface area is 210 Å². The van der Waals surface area contributed by atoms with Crippen molar-refractivity contribution in [1.29, 1.82) is 0 Å². The molecule has 0 radical (unpaired) electrons. The van der Waals surface area contributed by atoms with Crippen LogP contribution in [0.1, 0.15) is 32.7 Å². The highest BCUT2D eigenvalue weighted by Crippen LogP contribution is 2.46. The minimum atomic E-state index is -0.647. The van der Waals surface area contributed by atoms with Crippen LogP contribution in [0.5, 0.6) is 0 Å². The van der Waals surface area contributed by atoms with Gasteiger partial charge < -0.3 is 10.6 Å². The van der Waals surface area contributed by atoms with Crippen molar-refractivity contribution in [3.8, 4) is 0 Å². The predicted octanol–water partition coefficient (Wildman–Crippen LogP) is 2.01. The van der Waals surface area contributed by atoms with Gasteiger partial charge in [0.15, 0.2) is 0 Å². The van der Waals surface area contributed by atoms with Gasteiger partial charge in [0.1, 0.15) is 11.5 Å². The summed E-state index contributed by atoms with van der Waals surface area (Å²) in [6.07, 6.45) is 4.59. The van der Waals surface area contributed by atoms with Gasteiger partial charge in [-0.3, -0.25) is 24.4 Å². The Kier molecular flexibility index (Phi) is 5.99. The van der Waals surface area contributed by atoms with E-state index in [1.54, 1.807) is 12.4 Å². The lowest BCUT2D eigenvalue weighted by Crippen LogP contribution is -2.48. The highest BCUT2D eigenvalue weighted by Gasteiger charge is 2.51. The lowest BCUT2D eigenvalue weighted by atomic mass is 9.79. The SMILES string of the molecule is O=C(NCCN1CCN(Cc2ccccc2)CC1)c1cc2c(cn1)CC1(C2)C(=O)Nc2ncccc21. The molecule has 8 nitrogen and oxygen atoms in total. The molecule has 1 aromatic carbocycles. The van der Waals surface area contributed by atoms with Gasteiger partial charge in [0, 0.05) is 63.8 Å². The van der Waals surface area contributed by atoms with E-state index in [0.29, 0.717) is 30.9 Å². The van der Waals surface area contributed by atoms with Crippen molar-refractivity contribution in [3.05, 3.63) is 88.9 Å². The molecule has 8 heteroatoms. The van der Waals surface area contributed by atoms with Crippen LogP contribution >= 0.6 is 0 Å². The summed E-state index contributed by atoms with van der Waals surface area (Å²) in [5, 5.41) is 5.95. The van der Waals surface area contributed by atoms with E-state index in [-0.39, 0.29) is 11.8 Å². The Bertz CT molecular complexity index is 1290. The first-order chi connectivity index (χ1) is 17.6. The van der Waals surface area contributed by atoms with Crippen molar-refractivity contribution in [2.45, 2.75) is 24.8 Å². The van der Waals surface area contributed by atoms with E-state index in [1.807, 2.05) is 18.2 Å². The molecular formula is C28H30N6O2. The number of benzene rings is 1. The summed E-state index contributed by atoms with van der Waals surface area (Å²) < 4.78 is 0. The lowest BCUT2D eigenvalue weighted by Gasteiger charge is -2.34. The predicted molar refractivity (Wildman–Crippen MR) is 137 cm³/mol. The number of aromatic nitrogens is 2. The molecule has 3 aromatic rings. The maximum absolute atomic E-state index is 12.9. The van der Waals surface area contributed by atoms with Gasteiger partial charge in [-0.15, -0.1) is 0 Å². The van der Waals surface area contributed by atoms with Crippen LogP contribution in [0, 0.1) is 0 Å². The quantitative estimate of drug-likeness (QED) is 0.559. The number of anilines is 1. The first kappa shape index (κ1) is 22.8. The zero-order valence-electron chi connectivity index (χ0n) is 20.2. The van der Waals surface area contributed by atoms with Crippen molar-refractivity contribution in [2.24, 2.45) is 0 Å². The molecule has 3 aliphatic rings. The summed E-state index contributed by atoms with van der Waals surface area (Å²) in [6, 6.07) is 16.3. The second kappa shape index (κ2) is 9.44. The smallest absolute Gasteiger partial charge is 0.269 e. The third-order valence-corrected chi connectivity index (χ3v) is 7.72. The van der Waals surface area contributed by atoms with Gasteiger partial charge in [-0.2, -0.15) is 0 Å². The topological polar surface area (TPSA) is 90.5 Å². The van der Waals surface area contributed by atoms with Crippen LogP contribution in [0.3, 0.4) is 0 Å². The molecule has 1 aliphatic carbocycles. The van der Waals surface area contributed by atoms with Gasteiger partial charge in [-0.25, -0.2) is 4.98 Å². The molecule has 0 bridgehead atoms. The summed E-state index contributed by atoms with van der Waals surface area (Å²) in [7, 11) is 0. The van der Waals surface area contributed by atoms with Gasteiger partial charge in [-0.05, 0) is 41.7 Å². The molecule has 6 rings (SSSR count). The van der Waals surface area contributed by atoms with Crippen molar-refractivity contribution in [3.63, 3.8) is 0 Å². The number of piperazine rings is 1. The van der Waals surface area contributed by atoms with Crippen LogP contribution in [-0.2, 0) is 29.6 Å². The van der Waals surface area contributed by atoms with E-state index in [9.17, 15) is 9.59 Å². The van der Waals surface area contributed by atoms with Gasteiger partial charge in [0.25, 0.3) is 5.91 Å². The van der Waals surface area contributed by atoms with Crippen LogP contribution in [0.4, 0.5) is 5.82 Å². The largest absolute Gasteiger partial charge is 0.349 e. The van der Waals surface area contributed by atoms with Gasteiger partial charge in [0.05, 0.1) is 5.41 Å². The van der Waals surface area contributed by atoms with E-state index in [1.165, 1.54) is 5.56 Å². The van der Waals surface area contributed by atoms with Crippen LogP contribution in [0.25, 0.3) is 0 Å². The zero-order valence-corrected chi connectivity index (χ0v) is 20.2. The highest BCUT2D eigenvalue weighted by atomic mass is 16.2. The Hall–Kier alpha value is -3.62. The van der Waals surface area contributed by atoms with Crippen molar-refractivity contribution in [2.75, 3.05) is 44.6 Å². The fourth-order valence-electron chi connectivity index (χ4n) is 5.71. The second-order valence-corrected chi connectivity index (χ2v) is 9.99. The van der Waals surface area contributed by atoms with Crippen LogP contribution in [-0.4, -0.2) is 70.9 Å². The highest BCUT2D eigenvalue weighted by molar-refractivity contribution is 6.06. The lowest BCUT2D eigenvalue weighted by molar-refractivity contribution is -0.120. The van der Waals surface area contributed by atoms with Crippen molar-refractivity contribution < 1.29 is 9.59 Å². The first-order valence-corrected chi connectivity index (χ1v) is 12.6. The maximum Gasteiger partial charge on any atom is 0.269 e. The molecule has 2 N–H and O–H groups in total. The molecule has 4 heterocycles. The Balaban J connectivity index is 1.01. The molecule has 36 heavy (non-hydrogen) atoms. The fraction of sp³-hybridized carbons (Fsp3) is 0.357. The average molecular weight is 483 g/mol. The normalized spacial score (nSPS) is 21.3. The molecule has 184 valence electrons. The second-order valence-electron chi connectivity index (χ2n) is 9.99. The number of hydrogen-bond acceptors (Lipinski definition) is 6. The van der Waals surface area contributed by atoms with E-state index in [0.717, 1.165) is 56.0 Å². The Morgan fingerprint density at radius 1 is 0.972 bits per heavy atom. The third kappa shape index (κ3) is 4.27. The van der Waals surface area contributed by atoms with Crippen molar-refractivity contribution >= 4 is 17.6 Å². The molecule has 1 saturated heterocycles. The zero-order chi connectivity index (χ0) is 24.5. The van der Waals surface area contributed by atoms with Gasteiger partial charge in [0.2, 0.25) is 5.91 Å². The number of hydrogen-bond donors (Lipinski definition) is 2. The molecule has 2 aromatic heterocycles. The number of amides is 2. The van der Waals surface area contributed by atoms with Gasteiger partial charge >= 0.3 is 0 Å². The third-order valence-electron chi connectivity index (χ3n) is 7.72. The van der Waals surface area contributed by atoms with E-state index in [4.69, 9.17) is 0 Å². The standard InChI is InChI=1S/C28H30N6O2/c35-26(30-9-10-33-11-13-34(14-12-33)19-20-5-2-1-3-6-20)24-15-21-16-28(17-22(21)18-31-24)23-7-4-8-29-25(23)32-27(28)36/h1-8,15,18H,9-14,16-17,19H2,(H,30,35)(H,29,32,36). The minimum absolute atomic E-state index is 0.0257. The Morgan fingerprint density at radius 3 is 2.58 bits per heavy atom. The van der Waals surface area contributed by atoms with E-state index < -0.39 is 5.41 Å². The summed E-state index contributed by atoms with van der Waals surface area (Å²) >= 11 is 0. The van der Waals surface area contributed by atoms with Crippen LogP contribution < -0.4 is 10.6 Å². The van der Waals surface area contributed by atoms with Gasteiger partial charge in [-0.1, -0.05) is 36.4 Å². The molecule has 1 unspecified atom stereocenters. The number of carbonyl (C=O) groups is 2. The number of nitrogens with one attached hydrogen (secondary N) is 2. The maximum atomic E-state index is 12.9. The molecule has 2 amide bonds. The first-order valence-electron chi connectivity index (χ1n) is 12.6. The molecular weight excluding hydrogens is 452 g/mol. The molecule has 1 fully saturated rings. The molecule has 2 aliphatic heterocycles. The number of nitrogens with zero attached hydrogens (tertiary/aromatic N) is 4. The van der Waals surface area contributed by atoms with Crippen LogP contribution in [0.15, 0.2) is 60.9 Å². The van der Waals surface area contributed by atoms with E-state index in [2.05, 4.69) is 60.7 Å². The van der Waals surface area contributed by atoms with Crippen LogP contribution in [0.2, 0.25) is 0 Å². The molecule has 0 saturated carbocycles. The summed E-state index contributed by atoms with van der Waals surface area (Å²) in [5.41, 5.74) is 4.07. The molecule has 1 atom stereocenters.